The van der Waals surface area contributed by atoms with Crippen LogP contribution in [0, 0.1) is 0 Å². The predicted octanol–water partition coefficient (Wildman–Crippen LogP) is 5.70. The number of benzene rings is 4. The summed E-state index contributed by atoms with van der Waals surface area (Å²) in [5.41, 5.74) is 2.08. The molecule has 0 aromatic heterocycles. The second-order valence-electron chi connectivity index (χ2n) is 7.43. The monoisotopic (exact) mass is 316 g/mol. The van der Waals surface area contributed by atoms with Crippen LogP contribution in [0.1, 0.15) is 36.7 Å². The van der Waals surface area contributed by atoms with Crippen LogP contribution in [-0.4, -0.2) is 13.4 Å². The summed E-state index contributed by atoms with van der Waals surface area (Å²) >= 11 is 0. The molecule has 0 N–H and O–H groups in total. The third-order valence-electron chi connectivity index (χ3n) is 4.92. The fourth-order valence-corrected chi connectivity index (χ4v) is 3.61. The molecule has 120 valence electrons. The third-order valence-corrected chi connectivity index (χ3v) is 4.92. The number of carbonyl (C=O) groups is 1. The van der Waals surface area contributed by atoms with Crippen molar-refractivity contribution in [1.82, 2.24) is 0 Å². The molecule has 0 bridgehead atoms. The highest BCUT2D eigenvalue weighted by Crippen LogP contribution is 2.41. The quantitative estimate of drug-likeness (QED) is 0.350. The van der Waals surface area contributed by atoms with Gasteiger partial charge in [-0.15, -0.1) is 0 Å². The van der Waals surface area contributed by atoms with Crippen molar-refractivity contribution in [3.05, 3.63) is 53.6 Å². The van der Waals surface area contributed by atoms with Crippen molar-refractivity contribution >= 4 is 38.6 Å². The van der Waals surface area contributed by atoms with Gasteiger partial charge in [0, 0.05) is 16.3 Å². The van der Waals surface area contributed by atoms with Crippen LogP contribution in [0.4, 0.5) is 0 Å². The minimum absolute atomic E-state index is 0.0934. The van der Waals surface area contributed by atoms with Crippen molar-refractivity contribution in [3.8, 4) is 5.75 Å². The number of methoxy groups -OCH3 is 1. The summed E-state index contributed by atoms with van der Waals surface area (Å²) in [5, 5.41) is 6.79. The maximum Gasteiger partial charge on any atom is 0.150 e. The first-order valence-electron chi connectivity index (χ1n) is 8.19. The number of ether oxygens (including phenoxy) is 1. The molecule has 0 atom stereocenters. The maximum absolute atomic E-state index is 11.6. The molecule has 0 aliphatic heterocycles. The summed E-state index contributed by atoms with van der Waals surface area (Å²) in [6, 6.07) is 14.8. The molecule has 2 heteroatoms. The molecule has 4 aromatic rings. The molecule has 0 fully saturated rings. The molecule has 24 heavy (non-hydrogen) atoms. The van der Waals surface area contributed by atoms with Gasteiger partial charge in [0.1, 0.15) is 5.75 Å². The smallest absolute Gasteiger partial charge is 0.150 e. The molecule has 4 rings (SSSR count). The van der Waals surface area contributed by atoms with Crippen LogP contribution in [0.25, 0.3) is 32.3 Å². The molecule has 0 aliphatic carbocycles. The number of hydrogen-bond donors (Lipinski definition) is 0. The lowest BCUT2D eigenvalue weighted by Gasteiger charge is -2.22. The van der Waals surface area contributed by atoms with E-state index >= 15 is 0 Å². The van der Waals surface area contributed by atoms with Gasteiger partial charge in [0.25, 0.3) is 0 Å². The number of rotatable bonds is 2. The van der Waals surface area contributed by atoms with E-state index < -0.39 is 0 Å². The van der Waals surface area contributed by atoms with Gasteiger partial charge in [-0.3, -0.25) is 4.79 Å². The van der Waals surface area contributed by atoms with E-state index in [1.165, 1.54) is 21.7 Å². The normalized spacial score (nSPS) is 12.3. The fourth-order valence-electron chi connectivity index (χ4n) is 3.61. The van der Waals surface area contributed by atoms with E-state index in [2.05, 4.69) is 57.2 Å². The van der Waals surface area contributed by atoms with E-state index in [9.17, 15) is 4.79 Å². The first-order chi connectivity index (χ1) is 11.4. The highest BCUT2D eigenvalue weighted by atomic mass is 16.5. The molecule has 2 nitrogen and oxygen atoms in total. The van der Waals surface area contributed by atoms with Gasteiger partial charge in [-0.1, -0.05) is 51.1 Å². The molecule has 4 aromatic carbocycles. The Morgan fingerprint density at radius 2 is 1.50 bits per heavy atom. The van der Waals surface area contributed by atoms with Crippen molar-refractivity contribution in [2.75, 3.05) is 7.11 Å². The summed E-state index contributed by atoms with van der Waals surface area (Å²) in [5.74, 6) is 0.749. The summed E-state index contributed by atoms with van der Waals surface area (Å²) in [6.45, 7) is 6.69. The average molecular weight is 316 g/mol. The van der Waals surface area contributed by atoms with E-state index in [0.29, 0.717) is 5.56 Å². The third kappa shape index (κ3) is 1.99. The summed E-state index contributed by atoms with van der Waals surface area (Å²) in [4.78, 5) is 11.6. The SMILES string of the molecule is COc1cc(C=O)c2ccc3cc(C(C)(C)C)cc4ccc1c2c34. The van der Waals surface area contributed by atoms with Gasteiger partial charge in [0.15, 0.2) is 6.29 Å². The lowest BCUT2D eigenvalue weighted by Crippen LogP contribution is -2.10. The van der Waals surface area contributed by atoms with E-state index in [1.54, 1.807) is 7.11 Å². The van der Waals surface area contributed by atoms with Crippen molar-refractivity contribution in [3.63, 3.8) is 0 Å². The Balaban J connectivity index is 2.25. The first kappa shape index (κ1) is 14.9. The zero-order valence-electron chi connectivity index (χ0n) is 14.4. The first-order valence-corrected chi connectivity index (χ1v) is 8.19. The second kappa shape index (κ2) is 4.94. The van der Waals surface area contributed by atoms with Gasteiger partial charge < -0.3 is 4.74 Å². The molecule has 0 aliphatic rings. The Morgan fingerprint density at radius 3 is 2.04 bits per heavy atom. The Morgan fingerprint density at radius 1 is 0.875 bits per heavy atom. The van der Waals surface area contributed by atoms with Crippen LogP contribution < -0.4 is 4.74 Å². The molecule has 0 amide bonds. The van der Waals surface area contributed by atoms with Crippen LogP contribution in [-0.2, 0) is 5.41 Å². The molecule has 0 saturated carbocycles. The van der Waals surface area contributed by atoms with Gasteiger partial charge in [0.2, 0.25) is 0 Å². The highest BCUT2D eigenvalue weighted by Gasteiger charge is 2.19. The molecular formula is C22H20O2. The van der Waals surface area contributed by atoms with Crippen LogP contribution in [0.3, 0.4) is 0 Å². The topological polar surface area (TPSA) is 26.3 Å². The molecule has 0 spiro atoms. The van der Waals surface area contributed by atoms with E-state index in [0.717, 1.165) is 28.2 Å². The molecule has 0 unspecified atom stereocenters. The second-order valence-corrected chi connectivity index (χ2v) is 7.43. The zero-order valence-corrected chi connectivity index (χ0v) is 14.4. The van der Waals surface area contributed by atoms with Gasteiger partial charge in [-0.05, 0) is 44.7 Å². The Labute approximate surface area is 141 Å². The Kier molecular flexibility index (Phi) is 3.08. The number of hydrogen-bond acceptors (Lipinski definition) is 2. The lowest BCUT2D eigenvalue weighted by molar-refractivity contribution is 0.112. The average Bonchev–Trinajstić information content (AvgIpc) is 2.57. The van der Waals surface area contributed by atoms with Gasteiger partial charge in [0.05, 0.1) is 7.11 Å². The summed E-state index contributed by atoms with van der Waals surface area (Å²) < 4.78 is 5.53. The summed E-state index contributed by atoms with van der Waals surface area (Å²) in [7, 11) is 1.65. The molecule has 0 radical (unpaired) electrons. The predicted molar refractivity (Wildman–Crippen MR) is 101 cm³/mol. The number of aldehydes is 1. The van der Waals surface area contributed by atoms with Crippen molar-refractivity contribution in [2.45, 2.75) is 26.2 Å². The Hall–Kier alpha value is -2.61. The maximum atomic E-state index is 11.6. The standard InChI is InChI=1S/C22H20O2/c1-22(2,3)16-9-13-5-7-17-15(12-23)11-19(24-4)18-8-6-14(10-16)20(13)21(17)18/h5-12H,1-4H3. The summed E-state index contributed by atoms with van der Waals surface area (Å²) in [6.07, 6.45) is 0.912. The lowest BCUT2D eigenvalue weighted by atomic mass is 9.83. The fraction of sp³-hybridized carbons (Fsp3) is 0.227. The Bertz CT molecular complexity index is 1070. The van der Waals surface area contributed by atoms with Gasteiger partial charge >= 0.3 is 0 Å². The van der Waals surface area contributed by atoms with Crippen molar-refractivity contribution < 1.29 is 9.53 Å². The van der Waals surface area contributed by atoms with Gasteiger partial charge in [-0.25, -0.2) is 0 Å². The van der Waals surface area contributed by atoms with Crippen LogP contribution >= 0.6 is 0 Å². The minimum Gasteiger partial charge on any atom is -0.496 e. The minimum atomic E-state index is 0.0934. The largest absolute Gasteiger partial charge is 0.496 e. The van der Waals surface area contributed by atoms with Crippen molar-refractivity contribution in [1.29, 1.82) is 0 Å². The number of carbonyl (C=O) groups excluding carboxylic acids is 1. The van der Waals surface area contributed by atoms with Gasteiger partial charge in [-0.2, -0.15) is 0 Å². The van der Waals surface area contributed by atoms with Crippen LogP contribution in [0.5, 0.6) is 5.75 Å². The zero-order chi connectivity index (χ0) is 17.1. The highest BCUT2D eigenvalue weighted by molar-refractivity contribution is 6.26. The van der Waals surface area contributed by atoms with Crippen molar-refractivity contribution in [2.24, 2.45) is 0 Å². The van der Waals surface area contributed by atoms with Crippen LogP contribution in [0.15, 0.2) is 42.5 Å². The molecule has 0 saturated heterocycles. The van der Waals surface area contributed by atoms with Crippen LogP contribution in [0.2, 0.25) is 0 Å². The van der Waals surface area contributed by atoms with E-state index in [1.807, 2.05) is 6.07 Å². The van der Waals surface area contributed by atoms with E-state index in [4.69, 9.17) is 4.74 Å². The van der Waals surface area contributed by atoms with E-state index in [-0.39, 0.29) is 5.41 Å². The molecule has 0 heterocycles. The molecular weight excluding hydrogens is 296 g/mol.